The number of piperidine rings is 1. The zero-order valence-electron chi connectivity index (χ0n) is 14.4. The van der Waals surface area contributed by atoms with Crippen LogP contribution in [0.5, 0.6) is 0 Å². The third-order valence-corrected chi connectivity index (χ3v) is 4.48. The van der Waals surface area contributed by atoms with Crippen LogP contribution in [-0.2, 0) is 16.1 Å². The van der Waals surface area contributed by atoms with Gasteiger partial charge in [0.15, 0.2) is 0 Å². The Bertz CT molecular complexity index is 773. The van der Waals surface area contributed by atoms with E-state index in [-0.39, 0.29) is 36.6 Å². The molecule has 2 amide bonds. The molecule has 1 aliphatic heterocycles. The molecular weight excluding hydrogens is 337 g/mol. The number of halogens is 1. The molecule has 7 heteroatoms. The van der Waals surface area contributed by atoms with Crippen molar-refractivity contribution in [3.63, 3.8) is 0 Å². The summed E-state index contributed by atoms with van der Waals surface area (Å²) >= 11 is 0. The number of primary amides is 1. The van der Waals surface area contributed by atoms with Gasteiger partial charge in [-0.15, -0.1) is 0 Å². The standard InChI is InChI=1S/C19H22FN3O3/c20-15-5-3-13(4-6-15)17-8-7-16(26-17)10-22-19(25)14-2-1-9-23(11-14)12-18(21)24/h3-8,14H,1-2,9-12H2,(H2,21,24)(H,22,25)/t14-/m1/s1. The quantitative estimate of drug-likeness (QED) is 0.824. The van der Waals surface area contributed by atoms with Gasteiger partial charge in [0.25, 0.3) is 0 Å². The van der Waals surface area contributed by atoms with Crippen LogP contribution in [0.3, 0.4) is 0 Å². The van der Waals surface area contributed by atoms with E-state index in [2.05, 4.69) is 5.32 Å². The van der Waals surface area contributed by atoms with E-state index in [0.717, 1.165) is 24.9 Å². The summed E-state index contributed by atoms with van der Waals surface area (Å²) in [4.78, 5) is 25.3. The maximum atomic E-state index is 13.0. The number of carbonyl (C=O) groups is 2. The van der Waals surface area contributed by atoms with Crippen molar-refractivity contribution in [2.45, 2.75) is 19.4 Å². The number of carbonyl (C=O) groups excluding carboxylic acids is 2. The molecule has 26 heavy (non-hydrogen) atoms. The second-order valence-corrected chi connectivity index (χ2v) is 6.53. The minimum atomic E-state index is -0.380. The molecule has 3 rings (SSSR count). The van der Waals surface area contributed by atoms with E-state index in [1.165, 1.54) is 12.1 Å². The Balaban J connectivity index is 1.53. The highest BCUT2D eigenvalue weighted by Crippen LogP contribution is 2.22. The monoisotopic (exact) mass is 359 g/mol. The number of nitrogens with one attached hydrogen (secondary N) is 1. The van der Waals surface area contributed by atoms with E-state index >= 15 is 0 Å². The highest BCUT2D eigenvalue weighted by molar-refractivity contribution is 5.79. The van der Waals surface area contributed by atoms with Crippen molar-refractivity contribution in [3.8, 4) is 11.3 Å². The molecule has 138 valence electrons. The van der Waals surface area contributed by atoms with Crippen molar-refractivity contribution < 1.29 is 18.4 Å². The van der Waals surface area contributed by atoms with E-state index in [1.807, 2.05) is 4.90 Å². The van der Waals surface area contributed by atoms with Crippen LogP contribution in [0.1, 0.15) is 18.6 Å². The lowest BCUT2D eigenvalue weighted by Gasteiger charge is -2.30. The van der Waals surface area contributed by atoms with Gasteiger partial charge in [-0.3, -0.25) is 14.5 Å². The second-order valence-electron chi connectivity index (χ2n) is 6.53. The molecule has 0 saturated carbocycles. The smallest absolute Gasteiger partial charge is 0.231 e. The molecule has 1 aromatic carbocycles. The van der Waals surface area contributed by atoms with Gasteiger partial charge in [-0.05, 0) is 55.8 Å². The normalized spacial score (nSPS) is 17.8. The van der Waals surface area contributed by atoms with E-state index in [4.69, 9.17) is 10.2 Å². The molecule has 6 nitrogen and oxygen atoms in total. The molecular formula is C19H22FN3O3. The van der Waals surface area contributed by atoms with Gasteiger partial charge >= 0.3 is 0 Å². The number of nitrogens with zero attached hydrogens (tertiary/aromatic N) is 1. The number of hydrogen-bond donors (Lipinski definition) is 2. The first-order valence-electron chi connectivity index (χ1n) is 8.64. The van der Waals surface area contributed by atoms with E-state index < -0.39 is 0 Å². The lowest BCUT2D eigenvalue weighted by molar-refractivity contribution is -0.128. The number of furan rings is 1. The average molecular weight is 359 g/mol. The molecule has 2 aromatic rings. The van der Waals surface area contributed by atoms with Crippen molar-refractivity contribution in [2.75, 3.05) is 19.6 Å². The predicted octanol–water partition coefficient (Wildman–Crippen LogP) is 1.90. The molecule has 3 N–H and O–H groups in total. The summed E-state index contributed by atoms with van der Waals surface area (Å²) in [5, 5.41) is 2.88. The summed E-state index contributed by atoms with van der Waals surface area (Å²) in [6, 6.07) is 9.63. The third-order valence-electron chi connectivity index (χ3n) is 4.48. The van der Waals surface area contributed by atoms with Crippen LogP contribution in [-0.4, -0.2) is 36.3 Å². The molecule has 0 bridgehead atoms. The molecule has 1 fully saturated rings. The summed E-state index contributed by atoms with van der Waals surface area (Å²) in [7, 11) is 0. The number of amides is 2. The molecule has 1 aliphatic rings. The van der Waals surface area contributed by atoms with Gasteiger partial charge in [0.1, 0.15) is 17.3 Å². The molecule has 2 heterocycles. The van der Waals surface area contributed by atoms with Crippen LogP contribution in [0.2, 0.25) is 0 Å². The second kappa shape index (κ2) is 8.14. The fraction of sp³-hybridized carbons (Fsp3) is 0.368. The third kappa shape index (κ3) is 4.70. The van der Waals surface area contributed by atoms with Crippen LogP contribution < -0.4 is 11.1 Å². The van der Waals surface area contributed by atoms with Gasteiger partial charge in [0, 0.05) is 12.1 Å². The van der Waals surface area contributed by atoms with Crippen molar-refractivity contribution in [3.05, 3.63) is 48.0 Å². The first-order valence-corrected chi connectivity index (χ1v) is 8.64. The first-order chi connectivity index (χ1) is 12.5. The molecule has 0 aliphatic carbocycles. The summed E-state index contributed by atoms with van der Waals surface area (Å²) in [5.41, 5.74) is 6.00. The Morgan fingerprint density at radius 1 is 1.23 bits per heavy atom. The highest BCUT2D eigenvalue weighted by Gasteiger charge is 2.26. The van der Waals surface area contributed by atoms with Crippen molar-refractivity contribution in [1.29, 1.82) is 0 Å². The van der Waals surface area contributed by atoms with Crippen LogP contribution in [0, 0.1) is 11.7 Å². The molecule has 0 spiro atoms. The summed E-state index contributed by atoms with van der Waals surface area (Å²) in [5.74, 6) is 0.358. The summed E-state index contributed by atoms with van der Waals surface area (Å²) < 4.78 is 18.7. The number of benzene rings is 1. The van der Waals surface area contributed by atoms with Gasteiger partial charge < -0.3 is 15.5 Å². The van der Waals surface area contributed by atoms with Gasteiger partial charge in [-0.2, -0.15) is 0 Å². The Kier molecular flexibility index (Phi) is 5.68. The number of nitrogens with two attached hydrogens (primary N) is 1. The number of likely N-dealkylation sites (tertiary alicyclic amines) is 1. The minimum Gasteiger partial charge on any atom is -0.459 e. The summed E-state index contributed by atoms with van der Waals surface area (Å²) in [6.07, 6.45) is 1.65. The van der Waals surface area contributed by atoms with Crippen LogP contribution in [0.25, 0.3) is 11.3 Å². The van der Waals surface area contributed by atoms with E-state index in [1.54, 1.807) is 24.3 Å². The fourth-order valence-corrected chi connectivity index (χ4v) is 3.19. The van der Waals surface area contributed by atoms with Crippen molar-refractivity contribution in [1.82, 2.24) is 10.2 Å². The molecule has 0 radical (unpaired) electrons. The van der Waals surface area contributed by atoms with Gasteiger partial charge in [0.2, 0.25) is 11.8 Å². The van der Waals surface area contributed by atoms with E-state index in [9.17, 15) is 14.0 Å². The Morgan fingerprint density at radius 2 is 2.00 bits per heavy atom. The topological polar surface area (TPSA) is 88.6 Å². The lowest BCUT2D eigenvalue weighted by atomic mass is 9.97. The largest absolute Gasteiger partial charge is 0.459 e. The SMILES string of the molecule is NC(=O)CN1CCC[C@@H](C(=O)NCc2ccc(-c3ccc(F)cc3)o2)C1. The minimum absolute atomic E-state index is 0.0566. The molecule has 1 saturated heterocycles. The van der Waals surface area contributed by atoms with Crippen molar-refractivity contribution in [2.24, 2.45) is 11.7 Å². The van der Waals surface area contributed by atoms with Crippen LogP contribution in [0.4, 0.5) is 4.39 Å². The maximum absolute atomic E-state index is 13.0. The fourth-order valence-electron chi connectivity index (χ4n) is 3.19. The Morgan fingerprint density at radius 3 is 2.73 bits per heavy atom. The summed E-state index contributed by atoms with van der Waals surface area (Å²) in [6.45, 7) is 1.79. The number of rotatable bonds is 6. The molecule has 1 aromatic heterocycles. The van der Waals surface area contributed by atoms with Gasteiger partial charge in [-0.1, -0.05) is 0 Å². The van der Waals surface area contributed by atoms with E-state index in [0.29, 0.717) is 18.1 Å². The predicted molar refractivity (Wildman–Crippen MR) is 94.3 cm³/mol. The maximum Gasteiger partial charge on any atom is 0.231 e. The zero-order chi connectivity index (χ0) is 18.5. The molecule has 0 unspecified atom stereocenters. The lowest BCUT2D eigenvalue weighted by Crippen LogP contribution is -2.45. The van der Waals surface area contributed by atoms with Crippen molar-refractivity contribution >= 4 is 11.8 Å². The van der Waals surface area contributed by atoms with Gasteiger partial charge in [-0.25, -0.2) is 4.39 Å². The highest BCUT2D eigenvalue weighted by atomic mass is 19.1. The van der Waals surface area contributed by atoms with Crippen LogP contribution >= 0.6 is 0 Å². The molecule has 1 atom stereocenters. The first kappa shape index (κ1) is 18.1. The zero-order valence-corrected chi connectivity index (χ0v) is 14.4. The Labute approximate surface area is 151 Å². The Hall–Kier alpha value is -2.67. The average Bonchev–Trinajstić information content (AvgIpc) is 3.09. The van der Waals surface area contributed by atoms with Gasteiger partial charge in [0.05, 0.1) is 19.0 Å². The van der Waals surface area contributed by atoms with Crippen LogP contribution in [0.15, 0.2) is 40.8 Å². The number of hydrogen-bond acceptors (Lipinski definition) is 4.